The lowest BCUT2D eigenvalue weighted by molar-refractivity contribution is -0.0308. The molecule has 0 radical (unpaired) electrons. The van der Waals surface area contributed by atoms with Crippen LogP contribution in [-0.4, -0.2) is 45.3 Å². The van der Waals surface area contributed by atoms with Crippen molar-refractivity contribution < 1.29 is 23.8 Å². The molecule has 1 aromatic carbocycles. The molecule has 0 saturated carbocycles. The second kappa shape index (κ2) is 7.06. The van der Waals surface area contributed by atoms with Crippen LogP contribution in [0.25, 0.3) is 0 Å². The van der Waals surface area contributed by atoms with Gasteiger partial charge in [0.05, 0.1) is 17.2 Å². The maximum absolute atomic E-state index is 14.1. The van der Waals surface area contributed by atoms with Gasteiger partial charge in [-0.05, 0) is 25.8 Å². The molecular weight excluding hydrogens is 429 g/mol. The highest BCUT2D eigenvalue weighted by Gasteiger charge is 2.50. The minimum absolute atomic E-state index is 0.0754. The van der Waals surface area contributed by atoms with Crippen LogP contribution in [-0.2, 0) is 17.7 Å². The number of fused-ring (bicyclic) bond motifs is 2. The molecule has 1 aromatic heterocycles. The Morgan fingerprint density at radius 1 is 1.39 bits per heavy atom. The van der Waals surface area contributed by atoms with E-state index >= 15 is 0 Å². The zero-order valence-corrected chi connectivity index (χ0v) is 17.3. The number of rotatable bonds is 3. The number of nitrogens with zero attached hydrogens (tertiary/aromatic N) is 2. The molecule has 3 aliphatic heterocycles. The zero-order chi connectivity index (χ0) is 22.0. The first-order valence-corrected chi connectivity index (χ1v) is 10.3. The summed E-state index contributed by atoms with van der Waals surface area (Å²) in [5.41, 5.74) is -0.710. The average Bonchev–Trinajstić information content (AvgIpc) is 3.33. The number of nitrogens with one attached hydrogen (secondary N) is 1. The highest BCUT2D eigenvalue weighted by atomic mass is 35.5. The Morgan fingerprint density at radius 2 is 2.16 bits per heavy atom. The number of halogens is 2. The second-order valence-corrected chi connectivity index (χ2v) is 8.42. The van der Waals surface area contributed by atoms with Gasteiger partial charge in [0.25, 0.3) is 11.8 Å². The summed E-state index contributed by atoms with van der Waals surface area (Å²) in [5, 5.41) is 13.0. The number of hydrogen-bond donors (Lipinski definition) is 2. The third-order valence-corrected chi connectivity index (χ3v) is 6.41. The lowest BCUT2D eigenvalue weighted by atomic mass is 10.1. The van der Waals surface area contributed by atoms with Crippen molar-refractivity contribution in [1.29, 1.82) is 0 Å². The molecule has 4 heterocycles. The molecule has 2 amide bonds. The van der Waals surface area contributed by atoms with Gasteiger partial charge in [-0.1, -0.05) is 23.7 Å². The van der Waals surface area contributed by atoms with Gasteiger partial charge in [-0.25, -0.2) is 4.39 Å². The summed E-state index contributed by atoms with van der Waals surface area (Å²) < 4.78 is 21.6. The molecule has 0 aliphatic carbocycles. The molecule has 162 valence electrons. The van der Waals surface area contributed by atoms with Crippen LogP contribution in [0.1, 0.15) is 51.5 Å². The van der Waals surface area contributed by atoms with Gasteiger partial charge in [-0.15, -0.1) is 0 Å². The molecule has 10 heteroatoms. The lowest BCUT2D eigenvalue weighted by Crippen LogP contribution is -2.48. The van der Waals surface area contributed by atoms with E-state index in [2.05, 4.69) is 5.32 Å². The summed E-state index contributed by atoms with van der Waals surface area (Å²) in [6, 6.07) is 4.12. The van der Waals surface area contributed by atoms with Gasteiger partial charge in [0, 0.05) is 24.3 Å². The Balaban J connectivity index is 1.54. The topological polar surface area (TPSA) is 101 Å². The first-order valence-electron chi connectivity index (χ1n) is 9.97. The van der Waals surface area contributed by atoms with E-state index in [9.17, 15) is 23.9 Å². The van der Waals surface area contributed by atoms with E-state index in [1.54, 1.807) is 10.6 Å². The van der Waals surface area contributed by atoms with Crippen LogP contribution in [0.4, 0.5) is 4.39 Å². The van der Waals surface area contributed by atoms with Crippen molar-refractivity contribution >= 4 is 23.4 Å². The van der Waals surface area contributed by atoms with Gasteiger partial charge >= 0.3 is 0 Å². The standard InChI is InChI=1S/C21H19ClFN3O5/c1-9-8-25-20(30)16-18(28)17(27)14(12-5-6-13(26(12)16)21(25)31-9)19(29)24-7-10-3-2-4-11(22)15(10)23/h2-4,9,13,21,28H,5-8H2,1H3,(H,24,29)/t9-,13-,21-/m0/s1. The second-order valence-electron chi connectivity index (χ2n) is 8.01. The third kappa shape index (κ3) is 2.87. The van der Waals surface area contributed by atoms with Gasteiger partial charge in [-0.2, -0.15) is 0 Å². The van der Waals surface area contributed by atoms with E-state index in [0.29, 0.717) is 25.1 Å². The van der Waals surface area contributed by atoms with E-state index in [-0.39, 0.29) is 40.5 Å². The van der Waals surface area contributed by atoms with Crippen LogP contribution >= 0.6 is 11.6 Å². The van der Waals surface area contributed by atoms with Crippen LogP contribution in [0.15, 0.2) is 23.0 Å². The number of hydrogen-bond acceptors (Lipinski definition) is 5. The van der Waals surface area contributed by atoms with E-state index in [1.807, 2.05) is 6.92 Å². The summed E-state index contributed by atoms with van der Waals surface area (Å²) in [7, 11) is 0. The summed E-state index contributed by atoms with van der Waals surface area (Å²) in [5.74, 6) is -2.65. The number of ether oxygens (including phenoxy) is 1. The van der Waals surface area contributed by atoms with Crippen molar-refractivity contribution in [3.63, 3.8) is 0 Å². The van der Waals surface area contributed by atoms with Crippen molar-refractivity contribution in [2.24, 2.45) is 0 Å². The molecule has 1 saturated heterocycles. The quantitative estimate of drug-likeness (QED) is 0.749. The van der Waals surface area contributed by atoms with Gasteiger partial charge in [0.1, 0.15) is 11.4 Å². The van der Waals surface area contributed by atoms with Gasteiger partial charge in [0.15, 0.2) is 17.7 Å². The molecule has 31 heavy (non-hydrogen) atoms. The SMILES string of the molecule is C[C@H]1CN2C(=O)c3c(O)c(=O)c(C(=O)NCc4cccc(Cl)c4F)c4n3[C@@H](CC4)[C@@H]2O1. The number of carbonyl (C=O) groups is 2. The molecule has 0 spiro atoms. The van der Waals surface area contributed by atoms with Crippen LogP contribution in [0.3, 0.4) is 0 Å². The number of aromatic nitrogens is 1. The van der Waals surface area contributed by atoms with Crippen LogP contribution in [0, 0.1) is 5.82 Å². The molecule has 8 nitrogen and oxygen atoms in total. The smallest absolute Gasteiger partial charge is 0.276 e. The minimum Gasteiger partial charge on any atom is -0.503 e. The zero-order valence-electron chi connectivity index (χ0n) is 16.5. The predicted molar refractivity (Wildman–Crippen MR) is 108 cm³/mol. The van der Waals surface area contributed by atoms with Crippen LogP contribution in [0.2, 0.25) is 5.02 Å². The largest absolute Gasteiger partial charge is 0.503 e. The molecule has 3 atom stereocenters. The highest BCUT2D eigenvalue weighted by Crippen LogP contribution is 2.42. The van der Waals surface area contributed by atoms with E-state index in [4.69, 9.17) is 16.3 Å². The molecule has 0 bridgehead atoms. The Kier molecular flexibility index (Phi) is 4.56. The number of amides is 2. The van der Waals surface area contributed by atoms with Gasteiger partial charge in [0.2, 0.25) is 5.43 Å². The van der Waals surface area contributed by atoms with Crippen LogP contribution < -0.4 is 10.7 Å². The number of carbonyl (C=O) groups excluding carboxylic acids is 2. The summed E-state index contributed by atoms with van der Waals surface area (Å²) in [6.45, 7) is 2.03. The third-order valence-electron chi connectivity index (χ3n) is 6.12. The fourth-order valence-corrected chi connectivity index (χ4v) is 4.97. The number of benzene rings is 1. The maximum atomic E-state index is 14.1. The normalized spacial score (nSPS) is 23.6. The fourth-order valence-electron chi connectivity index (χ4n) is 4.78. The van der Waals surface area contributed by atoms with Crippen molar-refractivity contribution in [1.82, 2.24) is 14.8 Å². The van der Waals surface area contributed by atoms with Crippen molar-refractivity contribution in [2.45, 2.75) is 44.7 Å². The molecular formula is C21H19ClFN3O5. The molecule has 0 unspecified atom stereocenters. The average molecular weight is 448 g/mol. The maximum Gasteiger partial charge on any atom is 0.276 e. The number of pyridine rings is 1. The predicted octanol–water partition coefficient (Wildman–Crippen LogP) is 1.96. The van der Waals surface area contributed by atoms with Crippen molar-refractivity contribution in [2.75, 3.05) is 6.54 Å². The molecule has 2 N–H and O–H groups in total. The van der Waals surface area contributed by atoms with Gasteiger partial charge < -0.3 is 24.6 Å². The summed E-state index contributed by atoms with van der Waals surface area (Å²) >= 11 is 5.77. The molecule has 2 aromatic rings. The molecule has 5 rings (SSSR count). The van der Waals surface area contributed by atoms with Crippen LogP contribution in [0.5, 0.6) is 5.75 Å². The Bertz CT molecular complexity index is 1200. The minimum atomic E-state index is -0.911. The summed E-state index contributed by atoms with van der Waals surface area (Å²) in [6.07, 6.45) is 0.253. The molecule has 3 aliphatic rings. The van der Waals surface area contributed by atoms with E-state index < -0.39 is 35.0 Å². The van der Waals surface area contributed by atoms with E-state index in [0.717, 1.165) is 0 Å². The number of aromatic hydroxyl groups is 1. The molecule has 1 fully saturated rings. The van der Waals surface area contributed by atoms with Gasteiger partial charge in [-0.3, -0.25) is 14.4 Å². The van der Waals surface area contributed by atoms with E-state index in [1.165, 1.54) is 17.0 Å². The Morgan fingerprint density at radius 3 is 2.94 bits per heavy atom. The highest BCUT2D eigenvalue weighted by molar-refractivity contribution is 6.30. The summed E-state index contributed by atoms with van der Waals surface area (Å²) in [4.78, 5) is 40.3. The monoisotopic (exact) mass is 447 g/mol. The first kappa shape index (κ1) is 20.0. The first-order chi connectivity index (χ1) is 14.8. The van der Waals surface area contributed by atoms with Crippen molar-refractivity contribution in [3.8, 4) is 5.75 Å². The Hall–Kier alpha value is -2.91. The Labute approximate surface area is 181 Å². The fraction of sp³-hybridized carbons (Fsp3) is 0.381. The lowest BCUT2D eigenvalue weighted by Gasteiger charge is -2.36. The van der Waals surface area contributed by atoms with Crippen molar-refractivity contribution in [3.05, 3.63) is 61.8 Å².